The number of halogens is 4. The van der Waals surface area contributed by atoms with E-state index in [1.165, 1.54) is 0 Å². The molecule has 0 aromatic heterocycles. The van der Waals surface area contributed by atoms with Crippen molar-refractivity contribution in [3.63, 3.8) is 0 Å². The van der Waals surface area contributed by atoms with Crippen LogP contribution in [-0.2, 0) is 22.1 Å². The molecule has 6 heteroatoms. The Morgan fingerprint density at radius 3 is 2.56 bits per heavy atom. The van der Waals surface area contributed by atoms with Gasteiger partial charge >= 0.3 is 12.1 Å². The molecule has 0 unspecified atom stereocenters. The van der Waals surface area contributed by atoms with E-state index in [-0.39, 0.29) is 10.6 Å². The molecule has 0 spiro atoms. The SMILES string of the molecule is COC(=O)Cc1cc(Cl)ccc1C(F)(F)F. The second-order valence-electron chi connectivity index (χ2n) is 3.05. The van der Waals surface area contributed by atoms with Crippen LogP contribution < -0.4 is 0 Å². The zero-order valence-corrected chi connectivity index (χ0v) is 9.02. The third kappa shape index (κ3) is 3.13. The van der Waals surface area contributed by atoms with Crippen LogP contribution in [0.2, 0.25) is 5.02 Å². The fraction of sp³-hybridized carbons (Fsp3) is 0.300. The molecular weight excluding hydrogens is 245 g/mol. The predicted molar refractivity (Wildman–Crippen MR) is 52.2 cm³/mol. The average Bonchev–Trinajstić information content (AvgIpc) is 2.15. The van der Waals surface area contributed by atoms with E-state index in [4.69, 9.17) is 11.6 Å². The fourth-order valence-electron chi connectivity index (χ4n) is 1.21. The highest BCUT2D eigenvalue weighted by molar-refractivity contribution is 6.30. The van der Waals surface area contributed by atoms with Crippen molar-refractivity contribution in [2.45, 2.75) is 12.6 Å². The molecule has 0 saturated heterocycles. The van der Waals surface area contributed by atoms with Gasteiger partial charge in [-0.1, -0.05) is 11.6 Å². The van der Waals surface area contributed by atoms with Crippen molar-refractivity contribution < 1.29 is 22.7 Å². The van der Waals surface area contributed by atoms with Gasteiger partial charge in [0.05, 0.1) is 19.1 Å². The third-order valence-electron chi connectivity index (χ3n) is 1.94. The predicted octanol–water partition coefficient (Wildman–Crippen LogP) is 3.07. The first-order chi connectivity index (χ1) is 7.34. The number of methoxy groups -OCH3 is 1. The van der Waals surface area contributed by atoms with Crippen molar-refractivity contribution >= 4 is 17.6 Å². The number of ether oxygens (including phenoxy) is 1. The van der Waals surface area contributed by atoms with Gasteiger partial charge in [0.2, 0.25) is 0 Å². The summed E-state index contributed by atoms with van der Waals surface area (Å²) in [6, 6.07) is 3.09. The first kappa shape index (κ1) is 12.8. The Hall–Kier alpha value is -1.23. The van der Waals surface area contributed by atoms with E-state index in [1.54, 1.807) is 0 Å². The lowest BCUT2D eigenvalue weighted by Gasteiger charge is -2.12. The minimum absolute atomic E-state index is 0.145. The van der Waals surface area contributed by atoms with Gasteiger partial charge in [-0.05, 0) is 23.8 Å². The van der Waals surface area contributed by atoms with Crippen molar-refractivity contribution in [3.8, 4) is 0 Å². The van der Waals surface area contributed by atoms with Crippen molar-refractivity contribution in [2.75, 3.05) is 7.11 Å². The largest absolute Gasteiger partial charge is 0.469 e. The van der Waals surface area contributed by atoms with Crippen molar-refractivity contribution in [3.05, 3.63) is 34.3 Å². The van der Waals surface area contributed by atoms with Gasteiger partial charge in [-0.15, -0.1) is 0 Å². The van der Waals surface area contributed by atoms with Gasteiger partial charge in [0.1, 0.15) is 0 Å². The van der Waals surface area contributed by atoms with E-state index in [2.05, 4.69) is 4.74 Å². The highest BCUT2D eigenvalue weighted by atomic mass is 35.5. The molecule has 0 bridgehead atoms. The topological polar surface area (TPSA) is 26.3 Å². The lowest BCUT2D eigenvalue weighted by atomic mass is 10.0. The van der Waals surface area contributed by atoms with Crippen LogP contribution in [0, 0.1) is 0 Å². The number of rotatable bonds is 2. The van der Waals surface area contributed by atoms with E-state index in [0.717, 1.165) is 25.3 Å². The van der Waals surface area contributed by atoms with E-state index in [1.807, 2.05) is 0 Å². The van der Waals surface area contributed by atoms with Crippen LogP contribution in [0.25, 0.3) is 0 Å². The molecule has 1 aromatic carbocycles. The molecule has 0 N–H and O–H groups in total. The van der Waals surface area contributed by atoms with E-state index < -0.39 is 24.1 Å². The normalized spacial score (nSPS) is 11.3. The Kier molecular flexibility index (Phi) is 3.80. The highest BCUT2D eigenvalue weighted by Crippen LogP contribution is 2.33. The molecule has 0 aliphatic carbocycles. The Morgan fingerprint density at radius 2 is 2.06 bits per heavy atom. The van der Waals surface area contributed by atoms with Crippen LogP contribution in [0.15, 0.2) is 18.2 Å². The second kappa shape index (κ2) is 4.74. The molecule has 0 saturated carbocycles. The lowest BCUT2D eigenvalue weighted by Crippen LogP contribution is -2.13. The number of carbonyl (C=O) groups is 1. The molecule has 0 aliphatic rings. The summed E-state index contributed by atoms with van der Waals surface area (Å²) in [6.07, 6.45) is -4.96. The maximum Gasteiger partial charge on any atom is 0.416 e. The number of benzene rings is 1. The van der Waals surface area contributed by atoms with Crippen molar-refractivity contribution in [1.82, 2.24) is 0 Å². The molecule has 0 amide bonds. The minimum atomic E-state index is -4.51. The van der Waals surface area contributed by atoms with Gasteiger partial charge in [0.25, 0.3) is 0 Å². The molecule has 0 fully saturated rings. The quantitative estimate of drug-likeness (QED) is 0.756. The fourth-order valence-corrected chi connectivity index (χ4v) is 1.41. The molecule has 0 heterocycles. The molecule has 0 aliphatic heterocycles. The Bertz CT molecular complexity index is 402. The van der Waals surface area contributed by atoms with E-state index in [9.17, 15) is 18.0 Å². The van der Waals surface area contributed by atoms with Gasteiger partial charge in [-0.2, -0.15) is 13.2 Å². The maximum atomic E-state index is 12.5. The van der Waals surface area contributed by atoms with Crippen molar-refractivity contribution in [2.24, 2.45) is 0 Å². The number of hydrogen-bond acceptors (Lipinski definition) is 2. The smallest absolute Gasteiger partial charge is 0.416 e. The van der Waals surface area contributed by atoms with Gasteiger partial charge in [-0.3, -0.25) is 4.79 Å². The van der Waals surface area contributed by atoms with Crippen molar-refractivity contribution in [1.29, 1.82) is 0 Å². The Balaban J connectivity index is 3.13. The summed E-state index contributed by atoms with van der Waals surface area (Å²) < 4.78 is 41.9. The van der Waals surface area contributed by atoms with Crippen LogP contribution in [0.1, 0.15) is 11.1 Å². The Morgan fingerprint density at radius 1 is 1.44 bits per heavy atom. The van der Waals surface area contributed by atoms with E-state index in [0.29, 0.717) is 0 Å². The number of esters is 1. The summed E-state index contributed by atoms with van der Waals surface area (Å²) in [5.41, 5.74) is -1.06. The van der Waals surface area contributed by atoms with Gasteiger partial charge in [-0.25, -0.2) is 0 Å². The molecule has 1 aromatic rings. The van der Waals surface area contributed by atoms with Gasteiger partial charge in [0.15, 0.2) is 0 Å². The first-order valence-corrected chi connectivity index (χ1v) is 4.65. The first-order valence-electron chi connectivity index (χ1n) is 4.27. The monoisotopic (exact) mass is 252 g/mol. The molecule has 88 valence electrons. The summed E-state index contributed by atoms with van der Waals surface area (Å²) in [7, 11) is 1.11. The van der Waals surface area contributed by atoms with Crippen LogP contribution in [0.3, 0.4) is 0 Å². The van der Waals surface area contributed by atoms with Crippen LogP contribution in [-0.4, -0.2) is 13.1 Å². The molecule has 0 radical (unpaired) electrons. The second-order valence-corrected chi connectivity index (χ2v) is 3.49. The summed E-state index contributed by atoms with van der Waals surface area (Å²) >= 11 is 5.57. The average molecular weight is 253 g/mol. The third-order valence-corrected chi connectivity index (χ3v) is 2.17. The number of carbonyl (C=O) groups excluding carboxylic acids is 1. The van der Waals surface area contributed by atoms with E-state index >= 15 is 0 Å². The molecule has 0 atom stereocenters. The summed E-state index contributed by atoms with van der Waals surface area (Å²) in [5, 5.41) is 0.145. The zero-order valence-electron chi connectivity index (χ0n) is 8.27. The molecule has 16 heavy (non-hydrogen) atoms. The highest BCUT2D eigenvalue weighted by Gasteiger charge is 2.33. The lowest BCUT2D eigenvalue weighted by molar-refractivity contribution is -0.141. The van der Waals surface area contributed by atoms with Gasteiger partial charge in [0, 0.05) is 5.02 Å². The number of alkyl halides is 3. The maximum absolute atomic E-state index is 12.5. The molecular formula is C10H8ClF3O2. The summed E-state index contributed by atoms with van der Waals surface area (Å²) in [6.45, 7) is 0. The molecule has 2 nitrogen and oxygen atoms in total. The minimum Gasteiger partial charge on any atom is -0.469 e. The van der Waals surface area contributed by atoms with Crippen LogP contribution in [0.5, 0.6) is 0 Å². The van der Waals surface area contributed by atoms with Crippen LogP contribution in [0.4, 0.5) is 13.2 Å². The standard InChI is InChI=1S/C10H8ClF3O2/c1-16-9(15)5-6-4-7(11)2-3-8(6)10(12,13)14/h2-4H,5H2,1H3. The Labute approximate surface area is 95.0 Å². The van der Waals surface area contributed by atoms with Gasteiger partial charge < -0.3 is 4.74 Å². The molecule has 1 rings (SSSR count). The van der Waals surface area contributed by atoms with Crippen LogP contribution >= 0.6 is 11.6 Å². The number of hydrogen-bond donors (Lipinski definition) is 0. The summed E-state index contributed by atoms with van der Waals surface area (Å²) in [4.78, 5) is 10.9. The summed E-state index contributed by atoms with van der Waals surface area (Å²) in [5.74, 6) is -0.743. The zero-order chi connectivity index (χ0) is 12.3.